The van der Waals surface area contributed by atoms with E-state index in [1.807, 2.05) is 0 Å². The lowest BCUT2D eigenvalue weighted by atomic mass is 10.1. The summed E-state index contributed by atoms with van der Waals surface area (Å²) in [4.78, 5) is 24.7. The van der Waals surface area contributed by atoms with Crippen LogP contribution in [0.5, 0.6) is 0 Å². The Labute approximate surface area is 138 Å². The van der Waals surface area contributed by atoms with Gasteiger partial charge in [-0.25, -0.2) is 13.6 Å². The summed E-state index contributed by atoms with van der Waals surface area (Å²) in [5, 5.41) is -0.104. The number of halogens is 2. The van der Waals surface area contributed by atoms with Crippen LogP contribution in [0, 0.1) is 18.6 Å². The first kappa shape index (κ1) is 16.2. The van der Waals surface area contributed by atoms with Crippen molar-refractivity contribution in [3.63, 3.8) is 0 Å². The van der Waals surface area contributed by atoms with Crippen molar-refractivity contribution in [1.29, 1.82) is 0 Å². The van der Waals surface area contributed by atoms with Crippen molar-refractivity contribution in [2.45, 2.75) is 13.8 Å². The number of esters is 1. The second-order valence-corrected chi connectivity index (χ2v) is 5.48. The van der Waals surface area contributed by atoms with E-state index >= 15 is 0 Å². The topological polar surface area (TPSA) is 74.1 Å². The molecule has 0 spiro atoms. The van der Waals surface area contributed by atoms with Gasteiger partial charge in [-0.3, -0.25) is 9.36 Å². The second kappa shape index (κ2) is 6.08. The smallest absolute Gasteiger partial charge is 0.343 e. The quantitative estimate of drug-likeness (QED) is 0.678. The van der Waals surface area contributed by atoms with Crippen LogP contribution < -0.4 is 5.43 Å². The lowest BCUT2D eigenvalue weighted by Gasteiger charge is -2.13. The van der Waals surface area contributed by atoms with Crippen molar-refractivity contribution < 1.29 is 18.3 Å². The summed E-state index contributed by atoms with van der Waals surface area (Å²) in [6.07, 6.45) is 2.59. The molecule has 9 heteroatoms. The number of carbonyl (C=O) groups is 1. The average Bonchev–Trinajstić information content (AvgIpc) is 3.07. The van der Waals surface area contributed by atoms with Crippen LogP contribution in [0.15, 0.2) is 23.3 Å². The molecule has 0 atom stereocenters. The summed E-state index contributed by atoms with van der Waals surface area (Å²) in [5.74, 6) is -2.80. The Morgan fingerprint density at radius 2 is 2.17 bits per heavy atom. The number of rotatable bonds is 3. The number of aryl methyl sites for hydroxylation is 1. The fourth-order valence-corrected chi connectivity index (χ4v) is 2.82. The Balaban J connectivity index is 2.47. The van der Waals surface area contributed by atoms with E-state index in [1.165, 1.54) is 23.9 Å². The Bertz CT molecular complexity index is 1000. The molecule has 2 heterocycles. The minimum Gasteiger partial charge on any atom is -0.462 e. The fourth-order valence-electron chi connectivity index (χ4n) is 2.41. The number of fused-ring (bicyclic) bond motifs is 1. The maximum Gasteiger partial charge on any atom is 0.343 e. The van der Waals surface area contributed by atoms with Crippen molar-refractivity contribution in [2.24, 2.45) is 0 Å². The third-order valence-electron chi connectivity index (χ3n) is 3.51. The molecule has 0 bridgehead atoms. The molecule has 24 heavy (non-hydrogen) atoms. The number of carbonyl (C=O) groups excluding carboxylic acids is 1. The Morgan fingerprint density at radius 3 is 2.79 bits per heavy atom. The number of benzene rings is 1. The van der Waals surface area contributed by atoms with Crippen molar-refractivity contribution in [3.05, 3.63) is 51.4 Å². The van der Waals surface area contributed by atoms with E-state index in [9.17, 15) is 18.4 Å². The molecule has 0 aliphatic heterocycles. The van der Waals surface area contributed by atoms with Gasteiger partial charge in [-0.05, 0) is 13.8 Å². The monoisotopic (exact) mass is 351 g/mol. The van der Waals surface area contributed by atoms with Gasteiger partial charge in [-0.2, -0.15) is 8.75 Å². The van der Waals surface area contributed by atoms with Crippen LogP contribution in [0.3, 0.4) is 0 Å². The zero-order valence-corrected chi connectivity index (χ0v) is 13.5. The van der Waals surface area contributed by atoms with Crippen molar-refractivity contribution in [2.75, 3.05) is 6.61 Å². The van der Waals surface area contributed by atoms with E-state index in [0.29, 0.717) is 0 Å². The Kier molecular flexibility index (Phi) is 4.10. The highest BCUT2D eigenvalue weighted by atomic mass is 32.1. The molecule has 1 aromatic carbocycles. The molecule has 124 valence electrons. The summed E-state index contributed by atoms with van der Waals surface area (Å²) >= 11 is 0.900. The van der Waals surface area contributed by atoms with E-state index in [2.05, 4.69) is 8.75 Å². The van der Waals surface area contributed by atoms with Crippen LogP contribution in [0.1, 0.15) is 22.8 Å². The zero-order chi connectivity index (χ0) is 17.4. The molecule has 3 aromatic rings. The molecule has 0 aliphatic rings. The van der Waals surface area contributed by atoms with Gasteiger partial charge in [0.15, 0.2) is 17.5 Å². The van der Waals surface area contributed by atoms with Crippen LogP contribution >= 0.6 is 11.7 Å². The van der Waals surface area contributed by atoms with Crippen LogP contribution in [0.2, 0.25) is 0 Å². The molecule has 3 rings (SSSR count). The standard InChI is InChI=1S/C15H11F2N3O3S/c1-3-23-15(22)8-6-20(11-5-18-24-19-11)10-4-9(16)13(17)7(2)12(10)14(8)21/h4-6H,3H2,1-2H3. The van der Waals surface area contributed by atoms with E-state index < -0.39 is 23.0 Å². The molecule has 2 aromatic heterocycles. The van der Waals surface area contributed by atoms with E-state index in [1.54, 1.807) is 6.92 Å². The third kappa shape index (κ3) is 2.46. The van der Waals surface area contributed by atoms with Gasteiger partial charge in [-0.1, -0.05) is 0 Å². The van der Waals surface area contributed by atoms with Gasteiger partial charge in [0.2, 0.25) is 5.43 Å². The SMILES string of the molecule is CCOC(=O)c1cn(-c2cnsn2)c2cc(F)c(F)c(C)c2c1=O. The van der Waals surface area contributed by atoms with Crippen LogP contribution in [0.4, 0.5) is 8.78 Å². The summed E-state index contributed by atoms with van der Waals surface area (Å²) in [5.41, 5.74) is -1.10. The Hall–Kier alpha value is -2.68. The van der Waals surface area contributed by atoms with Crippen molar-refractivity contribution in [3.8, 4) is 5.82 Å². The third-order valence-corrected chi connectivity index (χ3v) is 3.98. The first-order chi connectivity index (χ1) is 11.5. The molecule has 0 aliphatic carbocycles. The van der Waals surface area contributed by atoms with Gasteiger partial charge in [0.05, 0.1) is 35.4 Å². The molecule has 0 amide bonds. The predicted molar refractivity (Wildman–Crippen MR) is 83.6 cm³/mol. The molecule has 0 N–H and O–H groups in total. The summed E-state index contributed by atoms with van der Waals surface area (Å²) < 4.78 is 41.8. The first-order valence-corrected chi connectivity index (χ1v) is 7.67. The number of hydrogen-bond donors (Lipinski definition) is 0. The van der Waals surface area contributed by atoms with Gasteiger partial charge < -0.3 is 4.74 Å². The Morgan fingerprint density at radius 1 is 1.42 bits per heavy atom. The van der Waals surface area contributed by atoms with Crippen LogP contribution in [0.25, 0.3) is 16.7 Å². The zero-order valence-electron chi connectivity index (χ0n) is 12.7. The summed E-state index contributed by atoms with van der Waals surface area (Å²) in [7, 11) is 0. The van der Waals surface area contributed by atoms with Gasteiger partial charge in [0, 0.05) is 17.8 Å². The van der Waals surface area contributed by atoms with Crippen molar-refractivity contribution >= 4 is 28.6 Å². The van der Waals surface area contributed by atoms with Crippen molar-refractivity contribution in [1.82, 2.24) is 13.3 Å². The second-order valence-electron chi connectivity index (χ2n) is 4.92. The largest absolute Gasteiger partial charge is 0.462 e. The molecular formula is C15H11F2N3O3S. The minimum atomic E-state index is -1.14. The highest BCUT2D eigenvalue weighted by Crippen LogP contribution is 2.24. The number of pyridine rings is 1. The molecular weight excluding hydrogens is 340 g/mol. The highest BCUT2D eigenvalue weighted by molar-refractivity contribution is 6.99. The normalized spacial score (nSPS) is 11.0. The molecule has 6 nitrogen and oxygen atoms in total. The van der Waals surface area contributed by atoms with E-state index in [4.69, 9.17) is 4.74 Å². The number of nitrogens with zero attached hydrogens (tertiary/aromatic N) is 3. The van der Waals surface area contributed by atoms with E-state index in [0.717, 1.165) is 17.8 Å². The maximum atomic E-state index is 13.9. The highest BCUT2D eigenvalue weighted by Gasteiger charge is 2.22. The van der Waals surface area contributed by atoms with Gasteiger partial charge in [0.1, 0.15) is 5.56 Å². The number of hydrogen-bond acceptors (Lipinski definition) is 6. The molecule has 0 fully saturated rings. The van der Waals surface area contributed by atoms with Gasteiger partial charge in [0.25, 0.3) is 0 Å². The molecule has 0 saturated heterocycles. The van der Waals surface area contributed by atoms with Gasteiger partial charge in [-0.15, -0.1) is 0 Å². The molecule has 0 radical (unpaired) electrons. The summed E-state index contributed by atoms with van der Waals surface area (Å²) in [6.45, 7) is 2.95. The fraction of sp³-hybridized carbons (Fsp3) is 0.200. The predicted octanol–water partition coefficient (Wildman–Crippen LogP) is 2.61. The van der Waals surface area contributed by atoms with Crippen LogP contribution in [-0.2, 0) is 4.74 Å². The first-order valence-electron chi connectivity index (χ1n) is 6.94. The lowest BCUT2D eigenvalue weighted by Crippen LogP contribution is -2.22. The van der Waals surface area contributed by atoms with E-state index in [-0.39, 0.29) is 34.5 Å². The number of aromatic nitrogens is 3. The molecule has 0 saturated carbocycles. The molecule has 0 unspecified atom stereocenters. The summed E-state index contributed by atoms with van der Waals surface area (Å²) in [6, 6.07) is 0.896. The lowest BCUT2D eigenvalue weighted by molar-refractivity contribution is 0.0524. The minimum absolute atomic E-state index is 0.0747. The van der Waals surface area contributed by atoms with Crippen LogP contribution in [-0.4, -0.2) is 25.9 Å². The average molecular weight is 351 g/mol. The number of ether oxygens (including phenoxy) is 1. The maximum absolute atomic E-state index is 13.9. The van der Waals surface area contributed by atoms with Gasteiger partial charge >= 0.3 is 5.97 Å².